The summed E-state index contributed by atoms with van der Waals surface area (Å²) in [6.45, 7) is 5.47. The minimum Gasteiger partial charge on any atom is -0.381 e. The van der Waals surface area contributed by atoms with Crippen molar-refractivity contribution in [3.8, 4) is 0 Å². The lowest BCUT2D eigenvalue weighted by atomic mass is 9.95. The van der Waals surface area contributed by atoms with Crippen LogP contribution in [0.3, 0.4) is 0 Å². The number of nitrogens with two attached hydrogens (primary N) is 1. The Hall–Kier alpha value is -0.170. The maximum Gasteiger partial charge on any atom is 0.212 e. The van der Waals surface area contributed by atoms with Gasteiger partial charge in [-0.2, -0.15) is 0 Å². The Bertz CT molecular complexity index is 311. The Morgan fingerprint density at radius 2 is 2.06 bits per heavy atom. The predicted octanol–water partition coefficient (Wildman–Crippen LogP) is 0.460. The molecule has 0 aliphatic carbocycles. The molecule has 102 valence electrons. The summed E-state index contributed by atoms with van der Waals surface area (Å²) in [5.74, 6) is 0.270. The van der Waals surface area contributed by atoms with Gasteiger partial charge in [0.05, 0.1) is 12.4 Å². The van der Waals surface area contributed by atoms with Crippen molar-refractivity contribution in [2.24, 2.45) is 11.7 Å². The second-order valence-corrected chi connectivity index (χ2v) is 6.57. The normalized spacial score (nSPS) is 21.9. The fourth-order valence-corrected chi connectivity index (χ4v) is 4.12. The Morgan fingerprint density at radius 1 is 1.41 bits per heavy atom. The van der Waals surface area contributed by atoms with Gasteiger partial charge in [-0.3, -0.25) is 0 Å². The highest BCUT2D eigenvalue weighted by Gasteiger charge is 2.32. The third-order valence-electron chi connectivity index (χ3n) is 3.60. The quantitative estimate of drug-likeness (QED) is 0.700. The molecule has 6 heteroatoms. The summed E-state index contributed by atoms with van der Waals surface area (Å²) in [6, 6.07) is 0. The fourth-order valence-electron chi connectivity index (χ4n) is 2.12. The lowest BCUT2D eigenvalue weighted by Crippen LogP contribution is -2.53. The monoisotopic (exact) mass is 264 g/mol. The first-order valence-corrected chi connectivity index (χ1v) is 7.91. The fraction of sp³-hybridized carbons (Fsp3) is 1.00. The smallest absolute Gasteiger partial charge is 0.212 e. The van der Waals surface area contributed by atoms with Gasteiger partial charge < -0.3 is 10.5 Å². The van der Waals surface area contributed by atoms with Gasteiger partial charge in [0.15, 0.2) is 0 Å². The highest BCUT2D eigenvalue weighted by Crippen LogP contribution is 2.18. The van der Waals surface area contributed by atoms with Crippen molar-refractivity contribution in [1.82, 2.24) is 4.72 Å². The van der Waals surface area contributed by atoms with E-state index in [-0.39, 0.29) is 11.7 Å². The zero-order valence-corrected chi connectivity index (χ0v) is 11.6. The summed E-state index contributed by atoms with van der Waals surface area (Å²) in [5, 5.41) is 0. The second-order valence-electron chi connectivity index (χ2n) is 4.80. The maximum atomic E-state index is 12.1. The SMILES string of the molecule is CCC(CC)(CN)NS(=O)(=O)CC1CCOC1. The summed E-state index contributed by atoms with van der Waals surface area (Å²) in [7, 11) is -3.27. The molecular weight excluding hydrogens is 240 g/mol. The second kappa shape index (κ2) is 6.13. The molecule has 0 radical (unpaired) electrons. The van der Waals surface area contributed by atoms with E-state index in [1.54, 1.807) is 0 Å². The molecule has 5 nitrogen and oxygen atoms in total. The number of hydrogen-bond donors (Lipinski definition) is 2. The molecule has 1 rings (SSSR count). The van der Waals surface area contributed by atoms with Gasteiger partial charge in [-0.15, -0.1) is 0 Å². The summed E-state index contributed by atoms with van der Waals surface area (Å²) in [4.78, 5) is 0. The van der Waals surface area contributed by atoms with E-state index in [0.29, 0.717) is 32.6 Å². The minimum absolute atomic E-state index is 0.122. The first-order valence-electron chi connectivity index (χ1n) is 6.26. The third kappa shape index (κ3) is 4.21. The molecule has 17 heavy (non-hydrogen) atoms. The van der Waals surface area contributed by atoms with Crippen molar-refractivity contribution >= 4 is 10.0 Å². The molecule has 1 saturated heterocycles. The van der Waals surface area contributed by atoms with Gasteiger partial charge in [-0.1, -0.05) is 13.8 Å². The molecule has 1 unspecified atom stereocenters. The average Bonchev–Trinajstić information content (AvgIpc) is 2.78. The molecule has 1 aliphatic heterocycles. The van der Waals surface area contributed by atoms with E-state index in [2.05, 4.69) is 4.72 Å². The molecule has 0 spiro atoms. The van der Waals surface area contributed by atoms with Crippen LogP contribution in [0.25, 0.3) is 0 Å². The van der Waals surface area contributed by atoms with Crippen LogP contribution < -0.4 is 10.5 Å². The molecule has 0 aromatic heterocycles. The highest BCUT2D eigenvalue weighted by molar-refractivity contribution is 7.89. The van der Waals surface area contributed by atoms with E-state index >= 15 is 0 Å². The standard InChI is InChI=1S/C11H24N2O3S/c1-3-11(4-2,9-12)13-17(14,15)8-10-5-6-16-7-10/h10,13H,3-9,12H2,1-2H3. The minimum atomic E-state index is -3.27. The van der Waals surface area contributed by atoms with Gasteiger partial charge in [-0.25, -0.2) is 13.1 Å². The first-order chi connectivity index (χ1) is 7.97. The lowest BCUT2D eigenvalue weighted by Gasteiger charge is -2.31. The molecule has 1 aliphatic rings. The third-order valence-corrected chi connectivity index (χ3v) is 5.25. The molecule has 3 N–H and O–H groups in total. The van der Waals surface area contributed by atoms with Crippen LogP contribution in [0.2, 0.25) is 0 Å². The summed E-state index contributed by atoms with van der Waals surface area (Å²) < 4.78 is 32.1. The summed E-state index contributed by atoms with van der Waals surface area (Å²) in [5.41, 5.74) is 5.20. The van der Waals surface area contributed by atoms with Gasteiger partial charge in [0.25, 0.3) is 0 Å². The summed E-state index contributed by atoms with van der Waals surface area (Å²) in [6.07, 6.45) is 2.25. The lowest BCUT2D eigenvalue weighted by molar-refractivity contribution is 0.188. The maximum absolute atomic E-state index is 12.1. The van der Waals surface area contributed by atoms with Crippen LogP contribution in [0.15, 0.2) is 0 Å². The molecule has 0 aromatic rings. The van der Waals surface area contributed by atoms with Crippen LogP contribution >= 0.6 is 0 Å². The zero-order chi connectivity index (χ0) is 12.9. The van der Waals surface area contributed by atoms with Gasteiger partial charge in [-0.05, 0) is 25.2 Å². The Balaban J connectivity index is 2.63. The van der Waals surface area contributed by atoms with Crippen molar-refractivity contribution in [1.29, 1.82) is 0 Å². The van der Waals surface area contributed by atoms with Crippen molar-refractivity contribution in [2.45, 2.75) is 38.6 Å². The Morgan fingerprint density at radius 3 is 2.47 bits per heavy atom. The van der Waals surface area contributed by atoms with Crippen molar-refractivity contribution in [2.75, 3.05) is 25.5 Å². The largest absolute Gasteiger partial charge is 0.381 e. The molecular formula is C11H24N2O3S. The average molecular weight is 264 g/mol. The van der Waals surface area contributed by atoms with Crippen LogP contribution in [0, 0.1) is 5.92 Å². The van der Waals surface area contributed by atoms with Crippen LogP contribution in [0.4, 0.5) is 0 Å². The van der Waals surface area contributed by atoms with E-state index in [0.717, 1.165) is 6.42 Å². The van der Waals surface area contributed by atoms with Crippen molar-refractivity contribution in [3.05, 3.63) is 0 Å². The van der Waals surface area contributed by atoms with Gasteiger partial charge >= 0.3 is 0 Å². The Kier molecular flexibility index (Phi) is 5.37. The molecule has 0 aromatic carbocycles. The van der Waals surface area contributed by atoms with E-state index in [9.17, 15) is 8.42 Å². The van der Waals surface area contributed by atoms with E-state index < -0.39 is 15.6 Å². The molecule has 0 saturated carbocycles. The molecule has 0 amide bonds. The number of nitrogens with one attached hydrogen (secondary N) is 1. The first kappa shape index (κ1) is 14.9. The van der Waals surface area contributed by atoms with Crippen molar-refractivity contribution < 1.29 is 13.2 Å². The topological polar surface area (TPSA) is 81.4 Å². The van der Waals surface area contributed by atoms with Crippen LogP contribution in [-0.2, 0) is 14.8 Å². The highest BCUT2D eigenvalue weighted by atomic mass is 32.2. The molecule has 0 bridgehead atoms. The summed E-state index contributed by atoms with van der Waals surface area (Å²) >= 11 is 0. The van der Waals surface area contributed by atoms with Crippen LogP contribution in [0.1, 0.15) is 33.1 Å². The number of ether oxygens (including phenoxy) is 1. The van der Waals surface area contributed by atoms with Gasteiger partial charge in [0, 0.05) is 18.7 Å². The van der Waals surface area contributed by atoms with E-state index in [1.807, 2.05) is 13.8 Å². The molecule has 1 atom stereocenters. The number of sulfonamides is 1. The number of hydrogen-bond acceptors (Lipinski definition) is 4. The zero-order valence-electron chi connectivity index (χ0n) is 10.7. The van der Waals surface area contributed by atoms with Crippen molar-refractivity contribution in [3.63, 3.8) is 0 Å². The van der Waals surface area contributed by atoms with E-state index in [1.165, 1.54) is 0 Å². The molecule has 1 heterocycles. The van der Waals surface area contributed by atoms with Gasteiger partial charge in [0.2, 0.25) is 10.0 Å². The molecule has 1 fully saturated rings. The van der Waals surface area contributed by atoms with Crippen LogP contribution in [0.5, 0.6) is 0 Å². The van der Waals surface area contributed by atoms with Gasteiger partial charge in [0.1, 0.15) is 0 Å². The Labute approximate surface area is 104 Å². The predicted molar refractivity (Wildman–Crippen MR) is 68.2 cm³/mol. The van der Waals surface area contributed by atoms with Crippen LogP contribution in [-0.4, -0.2) is 39.5 Å². The van der Waals surface area contributed by atoms with E-state index in [4.69, 9.17) is 10.5 Å². The number of rotatable bonds is 7.